The average molecular weight is 238 g/mol. The summed E-state index contributed by atoms with van der Waals surface area (Å²) in [6.45, 7) is 6.21. The molecule has 1 unspecified atom stereocenters. The van der Waals surface area contributed by atoms with Gasteiger partial charge in [-0.2, -0.15) is 5.26 Å². The van der Waals surface area contributed by atoms with E-state index in [9.17, 15) is 4.79 Å². The van der Waals surface area contributed by atoms with E-state index in [1.165, 1.54) is 0 Å². The Kier molecular flexibility index (Phi) is 5.99. The zero-order valence-electron chi connectivity index (χ0n) is 10.8. The first kappa shape index (κ1) is 14.0. The van der Waals surface area contributed by atoms with Gasteiger partial charge in [-0.25, -0.2) is 0 Å². The summed E-state index contributed by atoms with van der Waals surface area (Å²) in [6.07, 6.45) is 3.02. The molecular formula is C13H22N2O2. The minimum atomic E-state index is 0.0965. The van der Waals surface area contributed by atoms with Crippen LogP contribution >= 0.6 is 0 Å². The Hall–Kier alpha value is -1.08. The second-order valence-electron chi connectivity index (χ2n) is 4.98. The van der Waals surface area contributed by atoms with Gasteiger partial charge in [0.15, 0.2) is 0 Å². The molecule has 96 valence electrons. The van der Waals surface area contributed by atoms with E-state index in [1.807, 2.05) is 0 Å². The smallest absolute Gasteiger partial charge is 0.225 e. The lowest BCUT2D eigenvalue weighted by atomic mass is 10.1. The fourth-order valence-electron chi connectivity index (χ4n) is 2.07. The zero-order valence-corrected chi connectivity index (χ0v) is 10.8. The first-order valence-electron chi connectivity index (χ1n) is 6.39. The van der Waals surface area contributed by atoms with Crippen LogP contribution in [0.5, 0.6) is 0 Å². The van der Waals surface area contributed by atoms with Gasteiger partial charge in [0.05, 0.1) is 25.0 Å². The van der Waals surface area contributed by atoms with Crippen LogP contribution in [0, 0.1) is 17.2 Å². The van der Waals surface area contributed by atoms with Crippen LogP contribution in [0.2, 0.25) is 0 Å². The average Bonchev–Trinajstić information content (AvgIpc) is 2.76. The molecule has 0 saturated carbocycles. The predicted octanol–water partition coefficient (Wildman–Crippen LogP) is 1.95. The molecule has 17 heavy (non-hydrogen) atoms. The third-order valence-electron chi connectivity index (χ3n) is 2.86. The van der Waals surface area contributed by atoms with Crippen molar-refractivity contribution in [3.05, 3.63) is 0 Å². The Morgan fingerprint density at radius 2 is 2.35 bits per heavy atom. The molecule has 0 aliphatic carbocycles. The Bertz CT molecular complexity index is 278. The molecule has 0 N–H and O–H groups in total. The number of carbonyl (C=O) groups is 1. The van der Waals surface area contributed by atoms with Crippen molar-refractivity contribution in [3.63, 3.8) is 0 Å². The summed E-state index contributed by atoms with van der Waals surface area (Å²) < 4.78 is 5.47. The van der Waals surface area contributed by atoms with Crippen LogP contribution in [0.15, 0.2) is 0 Å². The minimum Gasteiger partial charge on any atom is -0.378 e. The number of nitrogens with zero attached hydrogens (tertiary/aromatic N) is 2. The number of nitriles is 1. The molecule has 0 bridgehead atoms. The fourth-order valence-corrected chi connectivity index (χ4v) is 2.07. The maximum absolute atomic E-state index is 12.1. The normalized spacial score (nSPS) is 19.3. The lowest BCUT2D eigenvalue weighted by Crippen LogP contribution is -2.36. The monoisotopic (exact) mass is 238 g/mol. The summed E-state index contributed by atoms with van der Waals surface area (Å²) in [6, 6.07) is 2.09. The quantitative estimate of drug-likeness (QED) is 0.710. The lowest BCUT2D eigenvalue weighted by molar-refractivity contribution is -0.134. The van der Waals surface area contributed by atoms with Gasteiger partial charge in [-0.1, -0.05) is 13.8 Å². The summed E-state index contributed by atoms with van der Waals surface area (Å²) in [5, 5.41) is 8.60. The summed E-state index contributed by atoms with van der Waals surface area (Å²) in [7, 11) is 0. The first-order chi connectivity index (χ1) is 8.13. The van der Waals surface area contributed by atoms with Gasteiger partial charge in [-0.3, -0.25) is 4.79 Å². The highest BCUT2D eigenvalue weighted by Gasteiger charge is 2.22. The van der Waals surface area contributed by atoms with E-state index in [-0.39, 0.29) is 12.0 Å². The molecule has 1 aliphatic rings. The molecule has 1 saturated heterocycles. The van der Waals surface area contributed by atoms with Gasteiger partial charge in [-0.15, -0.1) is 0 Å². The van der Waals surface area contributed by atoms with Crippen LogP contribution in [0.25, 0.3) is 0 Å². The standard InChI is InChI=1S/C13H22N2O2/c1-11(2)10-15(7-4-6-14)13(16)9-12-5-3-8-17-12/h11-12H,3-5,7-10H2,1-2H3. The zero-order chi connectivity index (χ0) is 12.7. The van der Waals surface area contributed by atoms with Gasteiger partial charge in [0, 0.05) is 19.7 Å². The van der Waals surface area contributed by atoms with Gasteiger partial charge < -0.3 is 9.64 Å². The van der Waals surface area contributed by atoms with Crippen LogP contribution in [0.4, 0.5) is 0 Å². The van der Waals surface area contributed by atoms with Crippen LogP contribution in [-0.2, 0) is 9.53 Å². The maximum Gasteiger partial charge on any atom is 0.225 e. The molecule has 0 aromatic heterocycles. The molecule has 4 nitrogen and oxygen atoms in total. The molecule has 1 aliphatic heterocycles. The largest absolute Gasteiger partial charge is 0.378 e. The van der Waals surface area contributed by atoms with E-state index in [4.69, 9.17) is 10.00 Å². The molecule has 1 atom stereocenters. The summed E-state index contributed by atoms with van der Waals surface area (Å²) in [4.78, 5) is 13.9. The molecule has 1 fully saturated rings. The van der Waals surface area contributed by atoms with Gasteiger partial charge in [-0.05, 0) is 18.8 Å². The highest BCUT2D eigenvalue weighted by molar-refractivity contribution is 5.76. The van der Waals surface area contributed by atoms with Gasteiger partial charge in [0.2, 0.25) is 5.91 Å². The van der Waals surface area contributed by atoms with Crippen LogP contribution in [0.3, 0.4) is 0 Å². The molecule has 0 radical (unpaired) electrons. The van der Waals surface area contributed by atoms with Gasteiger partial charge in [0.1, 0.15) is 0 Å². The third kappa shape index (κ3) is 5.18. The second kappa shape index (κ2) is 7.29. The highest BCUT2D eigenvalue weighted by atomic mass is 16.5. The van der Waals surface area contributed by atoms with Crippen LogP contribution in [-0.4, -0.2) is 36.6 Å². The molecule has 0 aromatic rings. The van der Waals surface area contributed by atoms with Crippen molar-refractivity contribution >= 4 is 5.91 Å². The van der Waals surface area contributed by atoms with E-state index >= 15 is 0 Å². The number of hydrogen-bond donors (Lipinski definition) is 0. The summed E-state index contributed by atoms with van der Waals surface area (Å²) >= 11 is 0. The van der Waals surface area contributed by atoms with Crippen molar-refractivity contribution in [3.8, 4) is 6.07 Å². The first-order valence-corrected chi connectivity index (χ1v) is 6.39. The third-order valence-corrected chi connectivity index (χ3v) is 2.86. The molecule has 1 rings (SSSR count). The highest BCUT2D eigenvalue weighted by Crippen LogP contribution is 2.17. The Morgan fingerprint density at radius 3 is 2.88 bits per heavy atom. The van der Waals surface area contributed by atoms with Crippen molar-refractivity contribution in [2.45, 2.75) is 45.6 Å². The molecule has 1 amide bonds. The van der Waals surface area contributed by atoms with Crippen LogP contribution < -0.4 is 0 Å². The minimum absolute atomic E-state index is 0.0965. The number of rotatable bonds is 6. The van der Waals surface area contributed by atoms with Gasteiger partial charge in [0.25, 0.3) is 0 Å². The number of carbonyl (C=O) groups excluding carboxylic acids is 1. The Morgan fingerprint density at radius 1 is 1.59 bits per heavy atom. The van der Waals surface area contributed by atoms with Crippen molar-refractivity contribution in [2.24, 2.45) is 5.92 Å². The van der Waals surface area contributed by atoms with E-state index in [2.05, 4.69) is 19.9 Å². The van der Waals surface area contributed by atoms with Crippen molar-refractivity contribution < 1.29 is 9.53 Å². The summed E-state index contributed by atoms with van der Waals surface area (Å²) in [5.41, 5.74) is 0. The Balaban J connectivity index is 2.43. The van der Waals surface area contributed by atoms with E-state index in [1.54, 1.807) is 4.90 Å². The molecule has 4 heteroatoms. The lowest BCUT2D eigenvalue weighted by Gasteiger charge is -2.24. The molecule has 1 heterocycles. The molecular weight excluding hydrogens is 216 g/mol. The number of hydrogen-bond acceptors (Lipinski definition) is 3. The van der Waals surface area contributed by atoms with E-state index in [0.717, 1.165) is 26.0 Å². The van der Waals surface area contributed by atoms with Crippen molar-refractivity contribution in [2.75, 3.05) is 19.7 Å². The summed E-state index contributed by atoms with van der Waals surface area (Å²) in [5.74, 6) is 0.558. The number of amides is 1. The van der Waals surface area contributed by atoms with Crippen molar-refractivity contribution in [1.82, 2.24) is 4.90 Å². The molecule has 0 spiro atoms. The second-order valence-corrected chi connectivity index (χ2v) is 4.98. The van der Waals surface area contributed by atoms with Gasteiger partial charge >= 0.3 is 0 Å². The number of ether oxygens (including phenoxy) is 1. The Labute approximate surface area is 104 Å². The fraction of sp³-hybridized carbons (Fsp3) is 0.846. The van der Waals surface area contributed by atoms with Crippen molar-refractivity contribution in [1.29, 1.82) is 5.26 Å². The van der Waals surface area contributed by atoms with E-state index in [0.29, 0.717) is 25.3 Å². The van der Waals surface area contributed by atoms with Crippen LogP contribution in [0.1, 0.15) is 39.5 Å². The molecule has 0 aromatic carbocycles. The predicted molar refractivity (Wildman–Crippen MR) is 65.2 cm³/mol. The maximum atomic E-state index is 12.1. The van der Waals surface area contributed by atoms with E-state index < -0.39 is 0 Å². The topological polar surface area (TPSA) is 53.3 Å². The SMILES string of the molecule is CC(C)CN(CCC#N)C(=O)CC1CCCO1.